The second-order valence-electron chi connectivity index (χ2n) is 6.59. The molecule has 0 aromatic rings. The van der Waals surface area contributed by atoms with Crippen LogP contribution < -0.4 is 0 Å². The summed E-state index contributed by atoms with van der Waals surface area (Å²) in [6, 6.07) is 0. The number of hydrogen-bond donors (Lipinski definition) is 0. The van der Waals surface area contributed by atoms with Gasteiger partial charge in [0.2, 0.25) is 0 Å². The van der Waals surface area contributed by atoms with Crippen LogP contribution in [0.2, 0.25) is 0 Å². The minimum atomic E-state index is 0.655. The maximum Gasteiger partial charge on any atom is -0.0257 e. The lowest BCUT2D eigenvalue weighted by atomic mass is 9.94. The maximum atomic E-state index is 2.43. The van der Waals surface area contributed by atoms with Crippen LogP contribution >= 0.6 is 0 Å². The topological polar surface area (TPSA) is 0 Å². The molecule has 0 nitrogen and oxygen atoms in total. The molecule has 0 aromatic carbocycles. The van der Waals surface area contributed by atoms with Gasteiger partial charge in [-0.1, -0.05) is 60.4 Å². The van der Waals surface area contributed by atoms with Gasteiger partial charge in [0.1, 0.15) is 0 Å². The van der Waals surface area contributed by atoms with Gasteiger partial charge in [-0.15, -0.1) is 0 Å². The summed E-state index contributed by atoms with van der Waals surface area (Å²) < 4.78 is 0. The molecule has 0 fully saturated rings. The van der Waals surface area contributed by atoms with Crippen molar-refractivity contribution in [2.24, 2.45) is 5.92 Å². The van der Waals surface area contributed by atoms with Crippen molar-refractivity contribution in [1.29, 1.82) is 0 Å². The van der Waals surface area contributed by atoms with Crippen molar-refractivity contribution in [2.75, 3.05) is 0 Å². The van der Waals surface area contributed by atoms with Crippen LogP contribution in [0.3, 0.4) is 0 Å². The van der Waals surface area contributed by atoms with Crippen molar-refractivity contribution in [3.05, 3.63) is 46.6 Å². The summed E-state index contributed by atoms with van der Waals surface area (Å²) in [5.74, 6) is 0.655. The lowest BCUT2D eigenvalue weighted by molar-refractivity contribution is 0.706. The zero-order chi connectivity index (χ0) is 15.0. The smallest absolute Gasteiger partial charge is 0.0257 e. The van der Waals surface area contributed by atoms with E-state index in [0.29, 0.717) is 5.92 Å². The number of rotatable bonds is 1. The predicted molar refractivity (Wildman–Crippen MR) is 91.9 cm³/mol. The molecule has 0 aliphatic heterocycles. The molecule has 0 spiro atoms. The highest BCUT2D eigenvalue weighted by Gasteiger charge is 2.03. The normalized spacial score (nSPS) is 19.7. The van der Waals surface area contributed by atoms with Crippen molar-refractivity contribution in [2.45, 2.75) is 73.1 Å². The lowest BCUT2D eigenvalue weighted by Crippen LogP contribution is -1.95. The second-order valence-corrected chi connectivity index (χ2v) is 6.59. The first-order valence-electron chi connectivity index (χ1n) is 8.16. The van der Waals surface area contributed by atoms with Gasteiger partial charge in [0.05, 0.1) is 0 Å². The summed E-state index contributed by atoms with van der Waals surface area (Å²) in [6.45, 7) is 11.4. The highest BCUT2D eigenvalue weighted by atomic mass is 14.1. The van der Waals surface area contributed by atoms with Gasteiger partial charge in [-0.3, -0.25) is 0 Å². The van der Waals surface area contributed by atoms with Crippen molar-refractivity contribution in [1.82, 2.24) is 0 Å². The molecule has 0 saturated heterocycles. The Labute approximate surface area is 126 Å². The fraction of sp³-hybridized carbons (Fsp3) is 0.600. The van der Waals surface area contributed by atoms with Crippen molar-refractivity contribution in [3.8, 4) is 0 Å². The van der Waals surface area contributed by atoms with Crippen molar-refractivity contribution in [3.63, 3.8) is 0 Å². The number of hydrogen-bond acceptors (Lipinski definition) is 0. The highest BCUT2D eigenvalue weighted by Crippen LogP contribution is 2.21. The SMILES string of the molecule is CC1=CC=C(C(C)C)CCC(C)=CCCC(C)=CCC1. The average Bonchev–Trinajstić information content (AvgIpc) is 2.37. The van der Waals surface area contributed by atoms with E-state index in [9.17, 15) is 0 Å². The van der Waals surface area contributed by atoms with E-state index >= 15 is 0 Å². The third-order valence-corrected chi connectivity index (χ3v) is 4.19. The van der Waals surface area contributed by atoms with E-state index in [1.165, 1.54) is 49.7 Å². The van der Waals surface area contributed by atoms with Gasteiger partial charge in [-0.25, -0.2) is 0 Å². The van der Waals surface area contributed by atoms with E-state index in [4.69, 9.17) is 0 Å². The molecular formula is C20H32. The molecule has 0 saturated carbocycles. The Hall–Kier alpha value is -1.04. The third kappa shape index (κ3) is 6.93. The molecular weight excluding hydrogens is 240 g/mol. The number of allylic oxidation sites excluding steroid dienone is 8. The lowest BCUT2D eigenvalue weighted by Gasteiger charge is -2.12. The molecule has 0 N–H and O–H groups in total. The zero-order valence-electron chi connectivity index (χ0n) is 14.1. The Kier molecular flexibility index (Phi) is 7.65. The Balaban J connectivity index is 2.87. The highest BCUT2D eigenvalue weighted by molar-refractivity contribution is 5.20. The molecule has 1 rings (SSSR count). The molecule has 0 heteroatoms. The second kappa shape index (κ2) is 9.00. The monoisotopic (exact) mass is 272 g/mol. The Morgan fingerprint density at radius 1 is 0.700 bits per heavy atom. The quantitative estimate of drug-likeness (QED) is 0.462. The fourth-order valence-corrected chi connectivity index (χ4v) is 2.54. The molecule has 1 aliphatic rings. The summed E-state index contributed by atoms with van der Waals surface area (Å²) in [5.41, 5.74) is 6.16. The molecule has 112 valence electrons. The van der Waals surface area contributed by atoms with E-state index in [1.807, 2.05) is 0 Å². The molecule has 20 heavy (non-hydrogen) atoms. The minimum absolute atomic E-state index is 0.655. The molecule has 0 amide bonds. The van der Waals surface area contributed by atoms with Gasteiger partial charge >= 0.3 is 0 Å². The summed E-state index contributed by atoms with van der Waals surface area (Å²) in [6.07, 6.45) is 16.8. The average molecular weight is 272 g/mol. The standard InChI is InChI=1S/C20H32/c1-16(2)20-14-12-18(4)10-6-8-17(3)9-7-11-19(5)13-15-20/h8,11-12,14,16H,6-7,9-10,13,15H2,1-5H3. The van der Waals surface area contributed by atoms with Crippen LogP contribution in [-0.2, 0) is 0 Å². The molecule has 0 atom stereocenters. The van der Waals surface area contributed by atoms with Gasteiger partial charge in [0.25, 0.3) is 0 Å². The van der Waals surface area contributed by atoms with E-state index in [0.717, 1.165) is 0 Å². The van der Waals surface area contributed by atoms with Crippen molar-refractivity contribution < 1.29 is 0 Å². The van der Waals surface area contributed by atoms with Crippen LogP contribution in [0.5, 0.6) is 0 Å². The third-order valence-electron chi connectivity index (χ3n) is 4.19. The van der Waals surface area contributed by atoms with Crippen LogP contribution in [0, 0.1) is 5.92 Å². The first-order valence-corrected chi connectivity index (χ1v) is 8.16. The van der Waals surface area contributed by atoms with Gasteiger partial charge < -0.3 is 0 Å². The largest absolute Gasteiger partial charge is 0.0853 e. The predicted octanol–water partition coefficient (Wildman–Crippen LogP) is 6.76. The molecule has 0 heterocycles. The maximum absolute atomic E-state index is 2.43. The van der Waals surface area contributed by atoms with E-state index in [-0.39, 0.29) is 0 Å². The van der Waals surface area contributed by atoms with Crippen LogP contribution in [-0.4, -0.2) is 0 Å². The zero-order valence-corrected chi connectivity index (χ0v) is 14.1. The van der Waals surface area contributed by atoms with Gasteiger partial charge in [0.15, 0.2) is 0 Å². The van der Waals surface area contributed by atoms with E-state index in [2.05, 4.69) is 58.9 Å². The summed E-state index contributed by atoms with van der Waals surface area (Å²) in [4.78, 5) is 0. The Morgan fingerprint density at radius 2 is 1.25 bits per heavy atom. The summed E-state index contributed by atoms with van der Waals surface area (Å²) >= 11 is 0. The van der Waals surface area contributed by atoms with E-state index in [1.54, 1.807) is 11.1 Å². The molecule has 1 aliphatic carbocycles. The molecule has 0 radical (unpaired) electrons. The Morgan fingerprint density at radius 3 is 1.85 bits per heavy atom. The van der Waals surface area contributed by atoms with Crippen LogP contribution in [0.15, 0.2) is 46.6 Å². The summed E-state index contributed by atoms with van der Waals surface area (Å²) in [5, 5.41) is 0. The van der Waals surface area contributed by atoms with E-state index < -0.39 is 0 Å². The van der Waals surface area contributed by atoms with Crippen molar-refractivity contribution >= 4 is 0 Å². The minimum Gasteiger partial charge on any atom is -0.0853 e. The molecule has 0 aromatic heterocycles. The fourth-order valence-electron chi connectivity index (χ4n) is 2.54. The van der Waals surface area contributed by atoms with Gasteiger partial charge in [-0.05, 0) is 65.2 Å². The first kappa shape index (κ1) is 17.0. The summed E-state index contributed by atoms with van der Waals surface area (Å²) in [7, 11) is 0. The van der Waals surface area contributed by atoms with Gasteiger partial charge in [0, 0.05) is 0 Å². The van der Waals surface area contributed by atoms with Gasteiger partial charge in [-0.2, -0.15) is 0 Å². The molecule has 0 unspecified atom stereocenters. The van der Waals surface area contributed by atoms with Crippen LogP contribution in [0.1, 0.15) is 73.1 Å². The molecule has 0 bridgehead atoms. The first-order chi connectivity index (χ1) is 9.49. The van der Waals surface area contributed by atoms with Crippen LogP contribution in [0.4, 0.5) is 0 Å². The Bertz CT molecular complexity index is 413. The van der Waals surface area contributed by atoms with Crippen LogP contribution in [0.25, 0.3) is 0 Å².